The molecule has 0 radical (unpaired) electrons. The van der Waals surface area contributed by atoms with Crippen molar-refractivity contribution < 1.29 is 19.1 Å². The van der Waals surface area contributed by atoms with Gasteiger partial charge in [0.05, 0.1) is 12.4 Å². The quantitative estimate of drug-likeness (QED) is 0.108. The van der Waals surface area contributed by atoms with Crippen LogP contribution in [0.1, 0.15) is 22.8 Å². The molecule has 5 aromatic rings. The molecule has 0 bridgehead atoms. The Hall–Kier alpha value is -5.60. The van der Waals surface area contributed by atoms with Gasteiger partial charge in [-0.1, -0.05) is 72.8 Å². The van der Waals surface area contributed by atoms with Crippen LogP contribution in [-0.4, -0.2) is 30.1 Å². The lowest BCUT2D eigenvalue weighted by atomic mass is 10.1. The van der Waals surface area contributed by atoms with E-state index in [4.69, 9.17) is 4.74 Å². The van der Waals surface area contributed by atoms with Gasteiger partial charge in [0.15, 0.2) is 0 Å². The van der Waals surface area contributed by atoms with E-state index in [0.29, 0.717) is 29.2 Å². The third-order valence-electron chi connectivity index (χ3n) is 6.76. The van der Waals surface area contributed by atoms with E-state index in [2.05, 4.69) is 10.6 Å². The average Bonchev–Trinajstić information content (AvgIpc) is 3.09. The van der Waals surface area contributed by atoms with E-state index in [9.17, 15) is 14.4 Å². The number of thioether (sulfide) groups is 1. The van der Waals surface area contributed by atoms with Gasteiger partial charge >= 0.3 is 0 Å². The van der Waals surface area contributed by atoms with Gasteiger partial charge in [-0.2, -0.15) is 0 Å². The number of anilines is 3. The largest absolute Gasteiger partial charge is 0.494 e. The topological polar surface area (TPSA) is 87.7 Å². The molecule has 0 spiro atoms. The van der Waals surface area contributed by atoms with Crippen LogP contribution in [0.25, 0.3) is 6.08 Å². The Balaban J connectivity index is 1.31. The predicted octanol–water partition coefficient (Wildman–Crippen LogP) is 7.95. The molecular formula is C38H33N3O4S. The van der Waals surface area contributed by atoms with Crippen molar-refractivity contribution in [1.82, 2.24) is 5.32 Å². The highest BCUT2D eigenvalue weighted by Gasteiger charge is 2.19. The normalized spacial score (nSPS) is 10.9. The van der Waals surface area contributed by atoms with Gasteiger partial charge < -0.3 is 15.4 Å². The fourth-order valence-electron chi connectivity index (χ4n) is 4.60. The number of rotatable bonds is 12. The third-order valence-corrected chi connectivity index (χ3v) is 7.74. The SMILES string of the molecule is CCOc1ccc(/C=C(\NC(=O)c2ccccc2)C(=O)Nc2cccc(SCC(=O)N(c3ccccc3)c3ccccc3)c2)cc1. The first-order valence-corrected chi connectivity index (χ1v) is 15.8. The van der Waals surface area contributed by atoms with E-state index in [1.165, 1.54) is 11.8 Å². The molecule has 0 unspecified atom stereocenters. The molecule has 7 nitrogen and oxygen atoms in total. The maximum absolute atomic E-state index is 13.5. The molecular weight excluding hydrogens is 595 g/mol. The lowest BCUT2D eigenvalue weighted by Gasteiger charge is -2.23. The van der Waals surface area contributed by atoms with E-state index < -0.39 is 11.8 Å². The smallest absolute Gasteiger partial charge is 0.272 e. The number of hydrogen-bond acceptors (Lipinski definition) is 5. The van der Waals surface area contributed by atoms with E-state index in [-0.39, 0.29) is 17.4 Å². The van der Waals surface area contributed by atoms with Crippen molar-refractivity contribution in [3.8, 4) is 5.75 Å². The molecule has 0 aliphatic heterocycles. The zero-order valence-corrected chi connectivity index (χ0v) is 26.1. The van der Waals surface area contributed by atoms with Gasteiger partial charge in [0, 0.05) is 27.5 Å². The number of nitrogens with zero attached hydrogens (tertiary/aromatic N) is 1. The zero-order chi connectivity index (χ0) is 32.1. The number of nitrogens with one attached hydrogen (secondary N) is 2. The monoisotopic (exact) mass is 627 g/mol. The summed E-state index contributed by atoms with van der Waals surface area (Å²) in [6.07, 6.45) is 1.62. The van der Waals surface area contributed by atoms with Crippen molar-refractivity contribution in [1.29, 1.82) is 0 Å². The highest BCUT2D eigenvalue weighted by atomic mass is 32.2. The average molecular weight is 628 g/mol. The van der Waals surface area contributed by atoms with Crippen molar-refractivity contribution in [2.24, 2.45) is 0 Å². The van der Waals surface area contributed by atoms with E-state index in [0.717, 1.165) is 16.3 Å². The first-order chi connectivity index (χ1) is 22.5. The number of hydrogen-bond donors (Lipinski definition) is 2. The molecule has 0 aromatic heterocycles. The van der Waals surface area contributed by atoms with Crippen LogP contribution >= 0.6 is 11.8 Å². The molecule has 0 atom stereocenters. The summed E-state index contributed by atoms with van der Waals surface area (Å²) >= 11 is 1.37. The second kappa shape index (κ2) is 15.9. The number of amides is 3. The fraction of sp³-hybridized carbons (Fsp3) is 0.0789. The zero-order valence-electron chi connectivity index (χ0n) is 25.3. The number of carbonyl (C=O) groups is 3. The first-order valence-electron chi connectivity index (χ1n) is 14.8. The number of carbonyl (C=O) groups excluding carboxylic acids is 3. The number of ether oxygens (including phenoxy) is 1. The Morgan fingerprint density at radius 3 is 1.96 bits per heavy atom. The van der Waals surface area contributed by atoms with Gasteiger partial charge in [-0.15, -0.1) is 11.8 Å². The standard InChI is InChI=1S/C38H33N3O4S/c1-2-45-33-23-21-28(22-24-33)25-35(40-37(43)29-13-6-3-7-14-29)38(44)39-30-15-12-20-34(26-30)46-27-36(42)41(31-16-8-4-9-17-31)32-18-10-5-11-19-32/h3-26H,2,27H2,1H3,(H,39,44)(H,40,43)/b35-25-. The van der Waals surface area contributed by atoms with Gasteiger partial charge in [0.25, 0.3) is 11.8 Å². The highest BCUT2D eigenvalue weighted by molar-refractivity contribution is 8.00. The summed E-state index contributed by atoms with van der Waals surface area (Å²) < 4.78 is 5.52. The van der Waals surface area contributed by atoms with Crippen LogP contribution < -0.4 is 20.3 Å². The molecule has 0 fully saturated rings. The molecule has 0 aliphatic carbocycles. The lowest BCUT2D eigenvalue weighted by Crippen LogP contribution is -2.30. The van der Waals surface area contributed by atoms with Crippen LogP contribution in [0.3, 0.4) is 0 Å². The molecule has 5 aromatic carbocycles. The molecule has 0 aliphatic rings. The maximum atomic E-state index is 13.5. The minimum Gasteiger partial charge on any atom is -0.494 e. The van der Waals surface area contributed by atoms with Gasteiger partial charge in [0.2, 0.25) is 5.91 Å². The molecule has 5 rings (SSSR count). The van der Waals surface area contributed by atoms with Crippen LogP contribution in [0.2, 0.25) is 0 Å². The summed E-state index contributed by atoms with van der Waals surface area (Å²) in [5, 5.41) is 5.66. The molecule has 0 saturated heterocycles. The second-order valence-electron chi connectivity index (χ2n) is 10.1. The Morgan fingerprint density at radius 1 is 0.739 bits per heavy atom. The molecule has 230 valence electrons. The summed E-state index contributed by atoms with van der Waals surface area (Å²) in [5.74, 6) is -0.0895. The summed E-state index contributed by atoms with van der Waals surface area (Å²) in [4.78, 5) is 42.6. The summed E-state index contributed by atoms with van der Waals surface area (Å²) in [6, 6.07) is 42.3. The fourth-order valence-corrected chi connectivity index (χ4v) is 5.40. The summed E-state index contributed by atoms with van der Waals surface area (Å²) in [6.45, 7) is 2.45. The van der Waals surface area contributed by atoms with E-state index >= 15 is 0 Å². The molecule has 8 heteroatoms. The van der Waals surface area contributed by atoms with Crippen molar-refractivity contribution >= 4 is 52.6 Å². The Kier molecular flexibility index (Phi) is 11.0. The summed E-state index contributed by atoms with van der Waals surface area (Å²) in [7, 11) is 0. The third kappa shape index (κ3) is 8.74. The van der Waals surface area contributed by atoms with Gasteiger partial charge in [-0.25, -0.2) is 0 Å². The number of benzene rings is 5. The van der Waals surface area contributed by atoms with Crippen molar-refractivity contribution in [2.75, 3.05) is 22.6 Å². The van der Waals surface area contributed by atoms with Gasteiger partial charge in [-0.3, -0.25) is 19.3 Å². The molecule has 3 amide bonds. The van der Waals surface area contributed by atoms with E-state index in [1.54, 1.807) is 47.4 Å². The Morgan fingerprint density at radius 2 is 1.35 bits per heavy atom. The minimum absolute atomic E-state index is 0.0765. The molecule has 0 saturated carbocycles. The van der Waals surface area contributed by atoms with Crippen LogP contribution in [-0.2, 0) is 9.59 Å². The first kappa shape index (κ1) is 31.8. The van der Waals surface area contributed by atoms with Crippen molar-refractivity contribution in [3.05, 3.63) is 156 Å². The van der Waals surface area contributed by atoms with Crippen molar-refractivity contribution in [3.63, 3.8) is 0 Å². The Labute approximate surface area is 272 Å². The molecule has 46 heavy (non-hydrogen) atoms. The van der Waals surface area contributed by atoms with Crippen molar-refractivity contribution in [2.45, 2.75) is 11.8 Å². The lowest BCUT2D eigenvalue weighted by molar-refractivity contribution is -0.115. The van der Waals surface area contributed by atoms with E-state index in [1.807, 2.05) is 110 Å². The van der Waals surface area contributed by atoms with Crippen LogP contribution in [0.4, 0.5) is 17.1 Å². The van der Waals surface area contributed by atoms with Crippen LogP contribution in [0.5, 0.6) is 5.75 Å². The maximum Gasteiger partial charge on any atom is 0.272 e. The predicted molar refractivity (Wildman–Crippen MR) is 185 cm³/mol. The van der Waals surface area contributed by atoms with Gasteiger partial charge in [-0.05, 0) is 85.3 Å². The number of para-hydroxylation sites is 2. The summed E-state index contributed by atoms with van der Waals surface area (Å²) in [5.41, 5.74) is 3.31. The molecule has 2 N–H and O–H groups in total. The van der Waals surface area contributed by atoms with Crippen LogP contribution in [0.15, 0.2) is 150 Å². The van der Waals surface area contributed by atoms with Gasteiger partial charge in [0.1, 0.15) is 11.4 Å². The highest BCUT2D eigenvalue weighted by Crippen LogP contribution is 2.28. The minimum atomic E-state index is -0.490. The Bertz CT molecular complexity index is 1760. The van der Waals surface area contributed by atoms with Crippen LogP contribution in [0, 0.1) is 0 Å². The molecule has 0 heterocycles. The second-order valence-corrected chi connectivity index (χ2v) is 11.1.